The van der Waals surface area contributed by atoms with E-state index in [0.29, 0.717) is 61.0 Å². The normalized spacial score (nSPS) is 22.9. The number of nitrogens with one attached hydrogen (secondary N) is 3. The second-order valence-corrected chi connectivity index (χ2v) is 10.6. The molecule has 3 amide bonds. The summed E-state index contributed by atoms with van der Waals surface area (Å²) in [6, 6.07) is 12.9. The summed E-state index contributed by atoms with van der Waals surface area (Å²) in [4.78, 5) is 41.5. The lowest BCUT2D eigenvalue weighted by atomic mass is 10.0. The Morgan fingerprint density at radius 1 is 1.07 bits per heavy atom. The largest absolute Gasteiger partial charge is 0.492 e. The van der Waals surface area contributed by atoms with Gasteiger partial charge in [-0.15, -0.1) is 5.10 Å². The fourth-order valence-electron chi connectivity index (χ4n) is 5.00. The number of carbonyl (C=O) groups is 3. The maximum Gasteiger partial charge on any atom is 0.251 e. The Bertz CT molecular complexity index is 1370. The van der Waals surface area contributed by atoms with Crippen LogP contribution in [-0.4, -0.2) is 75.9 Å². The molecule has 210 valence electrons. The number of fused-ring (bicyclic) bond motifs is 11. The number of benzene rings is 2. The average Bonchev–Trinajstić information content (AvgIpc) is 3.55. The summed E-state index contributed by atoms with van der Waals surface area (Å²) in [5, 5.41) is 17.5. The molecule has 11 nitrogen and oxygen atoms in total. The third-order valence-corrected chi connectivity index (χ3v) is 7.41. The van der Waals surface area contributed by atoms with Crippen molar-refractivity contribution < 1.29 is 19.1 Å². The number of nitrogens with zero attached hydrogens (tertiary/aromatic N) is 4. The average molecular weight is 566 g/mol. The number of rotatable bonds is 2. The van der Waals surface area contributed by atoms with E-state index < -0.39 is 12.1 Å². The lowest BCUT2D eigenvalue weighted by Crippen LogP contribution is -2.52. The number of likely N-dealkylation sites (N-methyl/N-ethyl adjacent to an activating group) is 1. The summed E-state index contributed by atoms with van der Waals surface area (Å²) < 4.78 is 7.48. The van der Waals surface area contributed by atoms with Crippen LogP contribution in [0.25, 0.3) is 0 Å². The molecule has 12 heteroatoms. The monoisotopic (exact) mass is 565 g/mol. The summed E-state index contributed by atoms with van der Waals surface area (Å²) >= 11 is 6.39. The first kappa shape index (κ1) is 27.6. The Hall–Kier alpha value is -3.96. The van der Waals surface area contributed by atoms with Gasteiger partial charge in [0.05, 0.1) is 30.4 Å². The number of aryl methyl sites for hydroxylation is 1. The fraction of sp³-hybridized carbons (Fsp3) is 0.393. The Morgan fingerprint density at radius 2 is 1.90 bits per heavy atom. The molecule has 1 saturated heterocycles. The molecule has 0 unspecified atom stereocenters. The number of ether oxygens (including phenoxy) is 1. The van der Waals surface area contributed by atoms with E-state index in [4.69, 9.17) is 16.3 Å². The number of hydrogen-bond acceptors (Lipinski definition) is 7. The SMILES string of the molecule is CN1C[C@@H]2C[C@H]1C(=O)N[C@H](Cc1ccccc1)C(=O)NCc1cn(nn1)CCCOc1ccc(cc1Cl)C(=O)N2. The molecule has 0 radical (unpaired) electrons. The lowest BCUT2D eigenvalue weighted by molar-refractivity contribution is -0.131. The highest BCUT2D eigenvalue weighted by Crippen LogP contribution is 2.26. The van der Waals surface area contributed by atoms with Crippen molar-refractivity contribution in [3.63, 3.8) is 0 Å². The van der Waals surface area contributed by atoms with Crippen LogP contribution >= 0.6 is 11.6 Å². The van der Waals surface area contributed by atoms with Crippen LogP contribution in [0.15, 0.2) is 54.7 Å². The van der Waals surface area contributed by atoms with E-state index in [1.54, 1.807) is 29.1 Å². The van der Waals surface area contributed by atoms with Gasteiger partial charge in [-0.25, -0.2) is 0 Å². The summed E-state index contributed by atoms with van der Waals surface area (Å²) in [6.07, 6.45) is 3.16. The molecule has 2 aromatic carbocycles. The minimum Gasteiger partial charge on any atom is -0.492 e. The van der Waals surface area contributed by atoms with Crippen LogP contribution < -0.4 is 20.7 Å². The molecule has 6 rings (SSSR count). The van der Waals surface area contributed by atoms with Crippen molar-refractivity contribution in [2.45, 2.75) is 50.5 Å². The van der Waals surface area contributed by atoms with E-state index in [0.717, 1.165) is 5.56 Å². The molecule has 40 heavy (non-hydrogen) atoms. The van der Waals surface area contributed by atoms with E-state index in [1.165, 1.54) is 0 Å². The molecule has 0 saturated carbocycles. The maximum absolute atomic E-state index is 13.4. The second kappa shape index (κ2) is 12.5. The third-order valence-electron chi connectivity index (χ3n) is 7.11. The van der Waals surface area contributed by atoms with E-state index in [-0.39, 0.29) is 30.3 Å². The summed E-state index contributed by atoms with van der Waals surface area (Å²) in [6.45, 7) is 1.62. The van der Waals surface area contributed by atoms with Crippen molar-refractivity contribution in [3.8, 4) is 5.75 Å². The molecule has 0 spiro atoms. The van der Waals surface area contributed by atoms with Crippen LogP contribution in [-0.2, 0) is 29.1 Å². The molecule has 3 aliphatic rings. The van der Waals surface area contributed by atoms with Crippen molar-refractivity contribution in [2.24, 2.45) is 0 Å². The predicted octanol–water partition coefficient (Wildman–Crippen LogP) is 1.56. The van der Waals surface area contributed by atoms with Crippen LogP contribution in [0.3, 0.4) is 0 Å². The number of hydrogen-bond donors (Lipinski definition) is 3. The predicted molar refractivity (Wildman–Crippen MR) is 148 cm³/mol. The first-order valence-corrected chi connectivity index (χ1v) is 13.7. The number of amides is 3. The molecule has 3 aromatic rings. The topological polar surface area (TPSA) is 130 Å². The molecule has 3 N–H and O–H groups in total. The molecule has 1 fully saturated rings. The van der Waals surface area contributed by atoms with Gasteiger partial charge in [0.1, 0.15) is 17.5 Å². The number of likely N-dealkylation sites (tertiary alicyclic amines) is 1. The molecule has 3 aliphatic heterocycles. The van der Waals surface area contributed by atoms with Crippen molar-refractivity contribution in [1.29, 1.82) is 0 Å². The Balaban J connectivity index is 1.36. The fourth-order valence-corrected chi connectivity index (χ4v) is 5.24. The zero-order valence-corrected chi connectivity index (χ0v) is 22.9. The van der Waals surface area contributed by atoms with Crippen molar-refractivity contribution >= 4 is 29.3 Å². The minimum atomic E-state index is -0.789. The molecular weight excluding hydrogens is 534 g/mol. The minimum absolute atomic E-state index is 0.176. The van der Waals surface area contributed by atoms with Gasteiger partial charge in [-0.3, -0.25) is 24.0 Å². The van der Waals surface area contributed by atoms with Gasteiger partial charge in [-0.05, 0) is 37.2 Å². The first-order valence-electron chi connectivity index (χ1n) is 13.3. The van der Waals surface area contributed by atoms with Crippen molar-refractivity contribution in [2.75, 3.05) is 20.2 Å². The molecule has 3 atom stereocenters. The zero-order chi connectivity index (χ0) is 28.1. The molecule has 4 heterocycles. The summed E-state index contributed by atoms with van der Waals surface area (Å²) in [5.74, 6) is -0.372. The van der Waals surface area contributed by atoms with Crippen LogP contribution in [0.1, 0.15) is 34.5 Å². The summed E-state index contributed by atoms with van der Waals surface area (Å²) in [7, 11) is 1.83. The Kier molecular flexibility index (Phi) is 8.61. The Labute approximate surface area is 237 Å². The highest BCUT2D eigenvalue weighted by atomic mass is 35.5. The van der Waals surface area contributed by atoms with Crippen molar-refractivity contribution in [3.05, 3.63) is 76.6 Å². The van der Waals surface area contributed by atoms with Gasteiger partial charge in [0, 0.05) is 37.5 Å². The van der Waals surface area contributed by atoms with E-state index in [9.17, 15) is 14.4 Å². The standard InChI is InChI=1S/C28H32ClN7O4/c1-35-16-20-14-24(35)28(39)32-23(12-18-6-3-2-4-7-18)27(38)30-15-21-17-36(34-33-21)10-5-11-40-25-9-8-19(13-22(25)29)26(37)31-20/h2-4,6-9,13,17,20,23-24H,5,10-12,14-16H2,1H3,(H,30,38)(H,31,37)(H,32,39)/t20-,23+,24-/m0/s1. The van der Waals surface area contributed by atoms with Gasteiger partial charge in [0.2, 0.25) is 11.8 Å². The highest BCUT2D eigenvalue weighted by Gasteiger charge is 2.37. The smallest absolute Gasteiger partial charge is 0.251 e. The third kappa shape index (κ3) is 6.78. The molecule has 0 aliphatic carbocycles. The van der Waals surface area contributed by atoms with Gasteiger partial charge in [0.15, 0.2) is 0 Å². The molecule has 1 aromatic heterocycles. The summed E-state index contributed by atoms with van der Waals surface area (Å²) in [5.41, 5.74) is 1.94. The van der Waals surface area contributed by atoms with Gasteiger partial charge in [-0.2, -0.15) is 0 Å². The zero-order valence-electron chi connectivity index (χ0n) is 22.2. The Morgan fingerprint density at radius 3 is 2.70 bits per heavy atom. The van der Waals surface area contributed by atoms with Crippen LogP contribution in [0.4, 0.5) is 0 Å². The maximum atomic E-state index is 13.4. The van der Waals surface area contributed by atoms with Gasteiger partial charge >= 0.3 is 0 Å². The van der Waals surface area contributed by atoms with Crippen LogP contribution in [0, 0.1) is 0 Å². The van der Waals surface area contributed by atoms with Crippen LogP contribution in [0.5, 0.6) is 5.75 Å². The van der Waals surface area contributed by atoms with Crippen molar-refractivity contribution in [1.82, 2.24) is 35.8 Å². The van der Waals surface area contributed by atoms with Crippen LogP contribution in [0.2, 0.25) is 5.02 Å². The number of halogens is 1. The lowest BCUT2D eigenvalue weighted by Gasteiger charge is -2.23. The first-order chi connectivity index (χ1) is 19.4. The van der Waals surface area contributed by atoms with E-state index in [1.807, 2.05) is 42.3 Å². The number of aromatic nitrogens is 3. The molecule has 6 bridgehead atoms. The van der Waals surface area contributed by atoms with Gasteiger partial charge in [0.25, 0.3) is 5.91 Å². The second-order valence-electron chi connectivity index (χ2n) is 10.2. The molecular formula is C28H32ClN7O4. The quantitative estimate of drug-likeness (QED) is 0.430. The van der Waals surface area contributed by atoms with E-state index in [2.05, 4.69) is 26.3 Å². The number of carbonyl (C=O) groups excluding carboxylic acids is 3. The van der Waals surface area contributed by atoms with Gasteiger partial charge < -0.3 is 20.7 Å². The highest BCUT2D eigenvalue weighted by molar-refractivity contribution is 6.32. The van der Waals surface area contributed by atoms with Gasteiger partial charge in [-0.1, -0.05) is 47.1 Å². The van der Waals surface area contributed by atoms with E-state index >= 15 is 0 Å².